The Labute approximate surface area is 85.7 Å². The average molecular weight is 193 g/mol. The molecule has 1 atom stereocenters. The molecule has 0 aliphatic carbocycles. The fourth-order valence-corrected chi connectivity index (χ4v) is 1.33. The van der Waals surface area contributed by atoms with Gasteiger partial charge in [0, 0.05) is 18.3 Å². The molecule has 0 radical (unpaired) electrons. The average Bonchev–Trinajstić information content (AvgIpc) is 2.15. The molecular formula is C11H19N3. The number of rotatable bonds is 5. The van der Waals surface area contributed by atoms with Gasteiger partial charge in [-0.05, 0) is 38.9 Å². The predicted octanol–water partition coefficient (Wildman–Crippen LogP) is 1.22. The highest BCUT2D eigenvalue weighted by Gasteiger charge is 2.00. The van der Waals surface area contributed by atoms with Crippen molar-refractivity contribution >= 4 is 0 Å². The standard InChI is InChI=1S/C11H19N3/c1-9(6-7-12)13-8-11-5-3-4-10(2)14-11/h3-5,9,13H,6-8,12H2,1-2H3. The van der Waals surface area contributed by atoms with Crippen LogP contribution in [-0.2, 0) is 6.54 Å². The maximum atomic E-state index is 5.47. The molecule has 1 heterocycles. The van der Waals surface area contributed by atoms with Crippen LogP contribution in [0.3, 0.4) is 0 Å². The molecule has 3 heteroatoms. The molecule has 0 amide bonds. The van der Waals surface area contributed by atoms with Gasteiger partial charge in [0.15, 0.2) is 0 Å². The summed E-state index contributed by atoms with van der Waals surface area (Å²) >= 11 is 0. The van der Waals surface area contributed by atoms with E-state index in [-0.39, 0.29) is 0 Å². The zero-order chi connectivity index (χ0) is 10.4. The van der Waals surface area contributed by atoms with Gasteiger partial charge >= 0.3 is 0 Å². The number of nitrogens with two attached hydrogens (primary N) is 1. The summed E-state index contributed by atoms with van der Waals surface area (Å²) in [6.45, 7) is 5.70. The SMILES string of the molecule is Cc1cccc(CNC(C)CCN)n1. The topological polar surface area (TPSA) is 50.9 Å². The summed E-state index contributed by atoms with van der Waals surface area (Å²) in [7, 11) is 0. The second-order valence-corrected chi connectivity index (χ2v) is 3.63. The van der Waals surface area contributed by atoms with Crippen molar-refractivity contribution in [3.63, 3.8) is 0 Å². The molecule has 0 aliphatic rings. The summed E-state index contributed by atoms with van der Waals surface area (Å²) in [5.41, 5.74) is 7.62. The van der Waals surface area contributed by atoms with Crippen molar-refractivity contribution in [3.8, 4) is 0 Å². The Morgan fingerprint density at radius 1 is 1.50 bits per heavy atom. The number of nitrogens with zero attached hydrogens (tertiary/aromatic N) is 1. The van der Waals surface area contributed by atoms with Crippen LogP contribution < -0.4 is 11.1 Å². The molecule has 0 spiro atoms. The molecule has 1 rings (SSSR count). The van der Waals surface area contributed by atoms with Crippen LogP contribution >= 0.6 is 0 Å². The minimum Gasteiger partial charge on any atom is -0.330 e. The predicted molar refractivity (Wildman–Crippen MR) is 58.9 cm³/mol. The van der Waals surface area contributed by atoms with Crippen LogP contribution in [0.1, 0.15) is 24.7 Å². The summed E-state index contributed by atoms with van der Waals surface area (Å²) < 4.78 is 0. The minimum atomic E-state index is 0.460. The second-order valence-electron chi connectivity index (χ2n) is 3.63. The van der Waals surface area contributed by atoms with Gasteiger partial charge in [0.05, 0.1) is 5.69 Å². The van der Waals surface area contributed by atoms with Crippen molar-refractivity contribution in [3.05, 3.63) is 29.6 Å². The van der Waals surface area contributed by atoms with Crippen LogP contribution in [0.4, 0.5) is 0 Å². The van der Waals surface area contributed by atoms with Crippen LogP contribution in [0, 0.1) is 6.92 Å². The normalized spacial score (nSPS) is 12.8. The molecule has 78 valence electrons. The van der Waals surface area contributed by atoms with E-state index in [2.05, 4.69) is 17.2 Å². The first-order valence-electron chi connectivity index (χ1n) is 5.08. The van der Waals surface area contributed by atoms with Crippen molar-refractivity contribution < 1.29 is 0 Å². The first-order valence-corrected chi connectivity index (χ1v) is 5.08. The van der Waals surface area contributed by atoms with E-state index in [9.17, 15) is 0 Å². The number of hydrogen-bond acceptors (Lipinski definition) is 3. The van der Waals surface area contributed by atoms with E-state index >= 15 is 0 Å². The lowest BCUT2D eigenvalue weighted by Crippen LogP contribution is -2.28. The number of pyridine rings is 1. The largest absolute Gasteiger partial charge is 0.330 e. The Balaban J connectivity index is 2.37. The number of aryl methyl sites for hydroxylation is 1. The van der Waals surface area contributed by atoms with E-state index in [1.807, 2.05) is 25.1 Å². The highest BCUT2D eigenvalue weighted by molar-refractivity contribution is 5.09. The third kappa shape index (κ3) is 3.85. The zero-order valence-electron chi connectivity index (χ0n) is 8.96. The fourth-order valence-electron chi connectivity index (χ4n) is 1.33. The van der Waals surface area contributed by atoms with Gasteiger partial charge in [0.1, 0.15) is 0 Å². The summed E-state index contributed by atoms with van der Waals surface area (Å²) in [5, 5.41) is 3.38. The maximum absolute atomic E-state index is 5.47. The van der Waals surface area contributed by atoms with Gasteiger partial charge in [-0.3, -0.25) is 4.98 Å². The van der Waals surface area contributed by atoms with Crippen LogP contribution in [0.5, 0.6) is 0 Å². The van der Waals surface area contributed by atoms with E-state index in [4.69, 9.17) is 5.73 Å². The quantitative estimate of drug-likeness (QED) is 0.739. The van der Waals surface area contributed by atoms with Crippen molar-refractivity contribution in [1.82, 2.24) is 10.3 Å². The Bertz CT molecular complexity index is 273. The van der Waals surface area contributed by atoms with Crippen LogP contribution in [0.15, 0.2) is 18.2 Å². The van der Waals surface area contributed by atoms with E-state index < -0.39 is 0 Å². The Kier molecular flexibility index (Phi) is 4.56. The maximum Gasteiger partial charge on any atom is 0.0544 e. The molecule has 1 aromatic rings. The van der Waals surface area contributed by atoms with Crippen molar-refractivity contribution in [2.75, 3.05) is 6.54 Å². The molecule has 0 fully saturated rings. The zero-order valence-corrected chi connectivity index (χ0v) is 8.96. The molecule has 1 unspecified atom stereocenters. The van der Waals surface area contributed by atoms with E-state index in [0.717, 1.165) is 30.9 Å². The Morgan fingerprint density at radius 2 is 2.29 bits per heavy atom. The molecule has 0 aromatic carbocycles. The van der Waals surface area contributed by atoms with Gasteiger partial charge in [0.25, 0.3) is 0 Å². The molecule has 3 N–H and O–H groups in total. The Hall–Kier alpha value is -0.930. The summed E-state index contributed by atoms with van der Waals surface area (Å²) in [5.74, 6) is 0. The van der Waals surface area contributed by atoms with E-state index in [1.54, 1.807) is 0 Å². The molecule has 0 bridgehead atoms. The fraction of sp³-hybridized carbons (Fsp3) is 0.545. The summed E-state index contributed by atoms with van der Waals surface area (Å²) in [4.78, 5) is 4.41. The highest BCUT2D eigenvalue weighted by Crippen LogP contribution is 1.98. The second kappa shape index (κ2) is 5.73. The van der Waals surface area contributed by atoms with Crippen LogP contribution in [0.2, 0.25) is 0 Å². The Morgan fingerprint density at radius 3 is 2.93 bits per heavy atom. The van der Waals surface area contributed by atoms with Gasteiger partial charge in [-0.1, -0.05) is 6.07 Å². The molecule has 0 saturated carbocycles. The molecule has 3 nitrogen and oxygen atoms in total. The highest BCUT2D eigenvalue weighted by atomic mass is 14.9. The van der Waals surface area contributed by atoms with Gasteiger partial charge in [-0.2, -0.15) is 0 Å². The molecule has 1 aromatic heterocycles. The number of hydrogen-bond donors (Lipinski definition) is 2. The molecule has 0 saturated heterocycles. The van der Waals surface area contributed by atoms with Gasteiger partial charge in [-0.25, -0.2) is 0 Å². The minimum absolute atomic E-state index is 0.460. The lowest BCUT2D eigenvalue weighted by molar-refractivity contribution is 0.515. The smallest absolute Gasteiger partial charge is 0.0544 e. The van der Waals surface area contributed by atoms with Crippen molar-refractivity contribution in [1.29, 1.82) is 0 Å². The van der Waals surface area contributed by atoms with Crippen LogP contribution in [0.25, 0.3) is 0 Å². The lowest BCUT2D eigenvalue weighted by Gasteiger charge is -2.12. The van der Waals surface area contributed by atoms with Gasteiger partial charge in [-0.15, -0.1) is 0 Å². The number of nitrogens with one attached hydrogen (secondary N) is 1. The summed E-state index contributed by atoms with van der Waals surface area (Å²) in [6.07, 6.45) is 1.01. The monoisotopic (exact) mass is 193 g/mol. The number of aromatic nitrogens is 1. The first kappa shape index (κ1) is 11.1. The first-order chi connectivity index (χ1) is 6.72. The van der Waals surface area contributed by atoms with Crippen molar-refractivity contribution in [2.24, 2.45) is 5.73 Å². The lowest BCUT2D eigenvalue weighted by atomic mass is 10.2. The molecular weight excluding hydrogens is 174 g/mol. The molecule has 0 aliphatic heterocycles. The van der Waals surface area contributed by atoms with Gasteiger partial charge < -0.3 is 11.1 Å². The third-order valence-corrected chi connectivity index (χ3v) is 2.18. The van der Waals surface area contributed by atoms with Crippen molar-refractivity contribution in [2.45, 2.75) is 32.9 Å². The molecule has 14 heavy (non-hydrogen) atoms. The van der Waals surface area contributed by atoms with E-state index in [0.29, 0.717) is 6.04 Å². The van der Waals surface area contributed by atoms with Gasteiger partial charge in [0.2, 0.25) is 0 Å². The third-order valence-electron chi connectivity index (χ3n) is 2.18. The van der Waals surface area contributed by atoms with Crippen LogP contribution in [-0.4, -0.2) is 17.6 Å². The van der Waals surface area contributed by atoms with E-state index in [1.165, 1.54) is 0 Å². The summed E-state index contributed by atoms with van der Waals surface area (Å²) in [6, 6.07) is 6.54.